The Morgan fingerprint density at radius 1 is 0.667 bits per heavy atom. The molecule has 0 bridgehead atoms. The predicted octanol–water partition coefficient (Wildman–Crippen LogP) is 6.71. The van der Waals surface area contributed by atoms with Crippen LogP contribution in [0, 0.1) is 0 Å². The van der Waals surface area contributed by atoms with Gasteiger partial charge in [-0.05, 0) is 49.2 Å². The largest absolute Gasteiger partial charge is 0.304 e. The zero-order chi connectivity index (χ0) is 15.6. The highest BCUT2D eigenvalue weighted by Crippen LogP contribution is 2.29. The van der Waals surface area contributed by atoms with Gasteiger partial charge in [0.15, 0.2) is 0 Å². The number of hydrogen-bond acceptors (Lipinski definition) is 1. The average Bonchev–Trinajstić information content (AvgIpc) is 2.44. The van der Waals surface area contributed by atoms with Crippen molar-refractivity contribution in [3.05, 3.63) is 67.6 Å². The molecule has 2 rings (SSSR count). The van der Waals surface area contributed by atoms with Gasteiger partial charge in [0.1, 0.15) is 0 Å². The first kappa shape index (κ1) is 16.9. The minimum Gasteiger partial charge on any atom is -0.304 e. The molecule has 2 atom stereocenters. The van der Waals surface area contributed by atoms with Crippen molar-refractivity contribution < 1.29 is 0 Å². The highest BCUT2D eigenvalue weighted by atomic mass is 35.5. The third-order valence-corrected chi connectivity index (χ3v) is 4.87. The van der Waals surface area contributed by atoms with Gasteiger partial charge in [-0.25, -0.2) is 0 Å². The van der Waals surface area contributed by atoms with Crippen molar-refractivity contribution in [3.63, 3.8) is 0 Å². The second kappa shape index (κ2) is 7.21. The highest BCUT2D eigenvalue weighted by Gasteiger charge is 2.13. The van der Waals surface area contributed by atoms with Gasteiger partial charge in [-0.15, -0.1) is 0 Å². The molecule has 0 amide bonds. The summed E-state index contributed by atoms with van der Waals surface area (Å²) in [6.07, 6.45) is 0. The molecule has 0 aliphatic carbocycles. The molecular weight excluding hydrogens is 348 g/mol. The van der Waals surface area contributed by atoms with Crippen molar-refractivity contribution in [2.75, 3.05) is 0 Å². The number of halogens is 4. The first-order valence-corrected chi connectivity index (χ1v) is 8.05. The third kappa shape index (κ3) is 4.28. The van der Waals surface area contributed by atoms with E-state index < -0.39 is 0 Å². The summed E-state index contributed by atoms with van der Waals surface area (Å²) in [5.74, 6) is 0. The molecule has 0 aliphatic rings. The van der Waals surface area contributed by atoms with Crippen LogP contribution in [0.5, 0.6) is 0 Å². The fourth-order valence-electron chi connectivity index (χ4n) is 2.13. The Kier molecular flexibility index (Phi) is 5.81. The number of hydrogen-bond donors (Lipinski definition) is 1. The molecule has 1 N–H and O–H groups in total. The van der Waals surface area contributed by atoms with Crippen LogP contribution in [0.1, 0.15) is 37.1 Å². The van der Waals surface area contributed by atoms with Crippen LogP contribution in [-0.2, 0) is 0 Å². The van der Waals surface area contributed by atoms with E-state index >= 15 is 0 Å². The lowest BCUT2D eigenvalue weighted by atomic mass is 10.0. The molecule has 0 fully saturated rings. The van der Waals surface area contributed by atoms with E-state index in [1.165, 1.54) is 0 Å². The van der Waals surface area contributed by atoms with Crippen LogP contribution in [0.3, 0.4) is 0 Å². The molecule has 0 aromatic heterocycles. The highest BCUT2D eigenvalue weighted by molar-refractivity contribution is 6.42. The standard InChI is InChI=1S/C16H15Cl4N/c1-9(11-3-5-13(17)15(19)7-11)21-10(2)12-4-6-14(18)16(20)8-12/h3-10,21H,1-2H3. The van der Waals surface area contributed by atoms with Crippen LogP contribution in [0.4, 0.5) is 0 Å². The first-order chi connectivity index (χ1) is 9.88. The summed E-state index contributed by atoms with van der Waals surface area (Å²) in [5, 5.41) is 5.74. The van der Waals surface area contributed by atoms with Crippen molar-refractivity contribution in [2.24, 2.45) is 0 Å². The molecule has 0 aliphatic heterocycles. The fourth-order valence-corrected chi connectivity index (χ4v) is 2.74. The van der Waals surface area contributed by atoms with Gasteiger partial charge in [-0.1, -0.05) is 58.5 Å². The number of benzene rings is 2. The lowest BCUT2D eigenvalue weighted by Gasteiger charge is -2.21. The second-order valence-corrected chi connectivity index (χ2v) is 6.59. The van der Waals surface area contributed by atoms with Gasteiger partial charge >= 0.3 is 0 Å². The normalized spacial score (nSPS) is 14.0. The molecule has 2 unspecified atom stereocenters. The van der Waals surface area contributed by atoms with Crippen molar-refractivity contribution in [3.8, 4) is 0 Å². The molecule has 0 saturated heterocycles. The van der Waals surface area contributed by atoms with Crippen LogP contribution in [0.2, 0.25) is 20.1 Å². The molecule has 21 heavy (non-hydrogen) atoms. The Morgan fingerprint density at radius 3 is 1.38 bits per heavy atom. The Bertz CT molecular complexity index is 587. The third-order valence-electron chi connectivity index (χ3n) is 3.39. The zero-order valence-corrected chi connectivity index (χ0v) is 14.7. The quantitative estimate of drug-likeness (QED) is 0.636. The van der Waals surface area contributed by atoms with E-state index in [2.05, 4.69) is 19.2 Å². The van der Waals surface area contributed by atoms with E-state index in [4.69, 9.17) is 46.4 Å². The lowest BCUT2D eigenvalue weighted by molar-refractivity contribution is 0.495. The predicted molar refractivity (Wildman–Crippen MR) is 92.9 cm³/mol. The Hall–Kier alpha value is -0.440. The van der Waals surface area contributed by atoms with Gasteiger partial charge < -0.3 is 5.32 Å². The van der Waals surface area contributed by atoms with Gasteiger partial charge in [-0.3, -0.25) is 0 Å². The van der Waals surface area contributed by atoms with Gasteiger partial charge in [-0.2, -0.15) is 0 Å². The van der Waals surface area contributed by atoms with Crippen molar-refractivity contribution >= 4 is 46.4 Å². The van der Waals surface area contributed by atoms with Gasteiger partial charge in [0.2, 0.25) is 0 Å². The Balaban J connectivity index is 2.12. The summed E-state index contributed by atoms with van der Waals surface area (Å²) in [7, 11) is 0. The smallest absolute Gasteiger partial charge is 0.0595 e. The summed E-state index contributed by atoms with van der Waals surface area (Å²) in [5.41, 5.74) is 2.16. The van der Waals surface area contributed by atoms with E-state index in [-0.39, 0.29) is 12.1 Å². The maximum absolute atomic E-state index is 6.06. The summed E-state index contributed by atoms with van der Waals surface area (Å²) in [6.45, 7) is 4.15. The van der Waals surface area contributed by atoms with Crippen LogP contribution in [-0.4, -0.2) is 0 Å². The van der Waals surface area contributed by atoms with Crippen molar-refractivity contribution in [1.29, 1.82) is 0 Å². The summed E-state index contributed by atoms with van der Waals surface area (Å²) < 4.78 is 0. The van der Waals surface area contributed by atoms with E-state index in [1.807, 2.05) is 24.3 Å². The molecule has 5 heteroatoms. The minimum absolute atomic E-state index is 0.129. The minimum atomic E-state index is 0.129. The SMILES string of the molecule is CC(NC(C)c1ccc(Cl)c(Cl)c1)c1ccc(Cl)c(Cl)c1. The molecule has 0 spiro atoms. The maximum Gasteiger partial charge on any atom is 0.0595 e. The van der Waals surface area contributed by atoms with Gasteiger partial charge in [0.05, 0.1) is 20.1 Å². The van der Waals surface area contributed by atoms with Crippen molar-refractivity contribution in [2.45, 2.75) is 25.9 Å². The molecule has 0 saturated carbocycles. The molecule has 2 aromatic rings. The average molecular weight is 363 g/mol. The molecule has 2 aromatic carbocycles. The summed E-state index contributed by atoms with van der Waals surface area (Å²) >= 11 is 24.0. The van der Waals surface area contributed by atoms with E-state index in [9.17, 15) is 0 Å². The molecular formula is C16H15Cl4N. The van der Waals surface area contributed by atoms with E-state index in [1.54, 1.807) is 12.1 Å². The van der Waals surface area contributed by atoms with Gasteiger partial charge in [0, 0.05) is 12.1 Å². The summed E-state index contributed by atoms with van der Waals surface area (Å²) in [6, 6.07) is 11.6. The summed E-state index contributed by atoms with van der Waals surface area (Å²) in [4.78, 5) is 0. The molecule has 0 heterocycles. The van der Waals surface area contributed by atoms with Gasteiger partial charge in [0.25, 0.3) is 0 Å². The number of rotatable bonds is 4. The Morgan fingerprint density at radius 2 is 1.05 bits per heavy atom. The van der Waals surface area contributed by atoms with Crippen molar-refractivity contribution in [1.82, 2.24) is 5.32 Å². The number of nitrogens with one attached hydrogen (secondary N) is 1. The van der Waals surface area contributed by atoms with Crippen LogP contribution < -0.4 is 5.32 Å². The van der Waals surface area contributed by atoms with Crippen LogP contribution in [0.25, 0.3) is 0 Å². The molecule has 0 radical (unpaired) electrons. The van der Waals surface area contributed by atoms with E-state index in [0.29, 0.717) is 20.1 Å². The molecule has 112 valence electrons. The topological polar surface area (TPSA) is 12.0 Å². The Labute approximate surface area is 145 Å². The van der Waals surface area contributed by atoms with Crippen LogP contribution in [0.15, 0.2) is 36.4 Å². The second-order valence-electron chi connectivity index (χ2n) is 4.96. The lowest BCUT2D eigenvalue weighted by Crippen LogP contribution is -2.22. The van der Waals surface area contributed by atoms with E-state index in [0.717, 1.165) is 11.1 Å². The fraction of sp³-hybridized carbons (Fsp3) is 0.250. The van der Waals surface area contributed by atoms with Crippen LogP contribution >= 0.6 is 46.4 Å². The zero-order valence-electron chi connectivity index (χ0n) is 11.6. The maximum atomic E-state index is 6.06. The molecule has 1 nitrogen and oxygen atoms in total. The monoisotopic (exact) mass is 361 g/mol. The first-order valence-electron chi connectivity index (χ1n) is 6.54.